The first-order valence-electron chi connectivity index (χ1n) is 12.5. The molecule has 10 heteroatoms. The quantitative estimate of drug-likeness (QED) is 0.401. The number of carbonyl (C=O) groups is 2. The van der Waals surface area contributed by atoms with E-state index >= 15 is 0 Å². The largest absolute Gasteiger partial charge is 0.481 e. The zero-order valence-corrected chi connectivity index (χ0v) is 23.2. The van der Waals surface area contributed by atoms with E-state index < -0.39 is 33.5 Å². The zero-order valence-electron chi connectivity index (χ0n) is 20.9. The standard InChI is InChI=1S/C27H32Cl2N2O5S/c1-3-21(16-30-37(35,36)22-11-12-22)31-25(17-7-9-19(28)10-8-17)23(18-5-4-6-20(29)13-18)14-27(2,26(31)34)15-24(32)33/h4-10,13,21-23,25,30H,3,11-12,14-16H2,1-2H3,(H,32,33)/t21-,23?,25?,27+/m0/s1. The maximum Gasteiger partial charge on any atom is 0.304 e. The second kappa shape index (κ2) is 10.9. The molecule has 1 aliphatic carbocycles. The Kier molecular flexibility index (Phi) is 8.24. The predicted octanol–water partition coefficient (Wildman–Crippen LogP) is 5.39. The van der Waals surface area contributed by atoms with Crippen molar-refractivity contribution >= 4 is 45.1 Å². The van der Waals surface area contributed by atoms with Gasteiger partial charge in [-0.2, -0.15) is 0 Å². The van der Waals surface area contributed by atoms with Gasteiger partial charge in [0, 0.05) is 28.5 Å². The van der Waals surface area contributed by atoms with Crippen LogP contribution in [-0.4, -0.2) is 48.1 Å². The normalized spacial score (nSPS) is 25.2. The van der Waals surface area contributed by atoms with Gasteiger partial charge in [-0.3, -0.25) is 9.59 Å². The molecule has 1 heterocycles. The van der Waals surface area contributed by atoms with E-state index in [1.165, 1.54) is 0 Å². The summed E-state index contributed by atoms with van der Waals surface area (Å²) in [7, 11) is -3.47. The van der Waals surface area contributed by atoms with E-state index in [1.807, 2.05) is 37.3 Å². The maximum atomic E-state index is 14.2. The van der Waals surface area contributed by atoms with Gasteiger partial charge in [0.1, 0.15) is 0 Å². The first kappa shape index (κ1) is 27.9. The third kappa shape index (κ3) is 6.14. The number of halogens is 2. The summed E-state index contributed by atoms with van der Waals surface area (Å²) in [6.07, 6.45) is 1.71. The van der Waals surface area contributed by atoms with E-state index in [2.05, 4.69) is 4.72 Å². The van der Waals surface area contributed by atoms with Crippen LogP contribution in [0.1, 0.15) is 69.0 Å². The highest BCUT2D eigenvalue weighted by atomic mass is 35.5. The second-order valence-corrected chi connectivity index (χ2v) is 13.3. The molecular weight excluding hydrogens is 535 g/mol. The summed E-state index contributed by atoms with van der Waals surface area (Å²) in [5.41, 5.74) is 0.531. The molecule has 4 rings (SSSR count). The molecule has 1 saturated carbocycles. The van der Waals surface area contributed by atoms with Gasteiger partial charge in [-0.25, -0.2) is 13.1 Å². The van der Waals surface area contributed by atoms with E-state index in [9.17, 15) is 23.1 Å². The molecule has 0 spiro atoms. The highest BCUT2D eigenvalue weighted by Crippen LogP contribution is 2.52. The van der Waals surface area contributed by atoms with Gasteiger partial charge in [0.2, 0.25) is 15.9 Å². The van der Waals surface area contributed by atoms with Gasteiger partial charge in [-0.05, 0) is 61.1 Å². The van der Waals surface area contributed by atoms with E-state index in [0.29, 0.717) is 35.7 Å². The molecule has 37 heavy (non-hydrogen) atoms. The van der Waals surface area contributed by atoms with Crippen LogP contribution in [-0.2, 0) is 19.6 Å². The summed E-state index contributed by atoms with van der Waals surface area (Å²) >= 11 is 12.5. The molecule has 2 fully saturated rings. The van der Waals surface area contributed by atoms with Crippen molar-refractivity contribution in [3.8, 4) is 0 Å². The van der Waals surface area contributed by atoms with Gasteiger partial charge in [0.05, 0.1) is 23.1 Å². The van der Waals surface area contributed by atoms with Crippen LogP contribution in [0.3, 0.4) is 0 Å². The fraction of sp³-hybridized carbons (Fsp3) is 0.481. The van der Waals surface area contributed by atoms with Crippen LogP contribution in [0.2, 0.25) is 10.0 Å². The van der Waals surface area contributed by atoms with Crippen LogP contribution in [0, 0.1) is 5.41 Å². The second-order valence-electron chi connectivity index (χ2n) is 10.4. The molecule has 0 radical (unpaired) electrons. The first-order chi connectivity index (χ1) is 17.4. The lowest BCUT2D eigenvalue weighted by molar-refractivity contribution is -0.160. The monoisotopic (exact) mass is 566 g/mol. The molecule has 2 N–H and O–H groups in total. The summed E-state index contributed by atoms with van der Waals surface area (Å²) in [5.74, 6) is -1.64. The summed E-state index contributed by atoms with van der Waals surface area (Å²) in [5, 5.41) is 10.4. The summed E-state index contributed by atoms with van der Waals surface area (Å²) in [6.45, 7) is 3.64. The Balaban J connectivity index is 1.83. The lowest BCUT2D eigenvalue weighted by atomic mass is 9.67. The number of likely N-dealkylation sites (tertiary alicyclic amines) is 1. The molecule has 2 aliphatic rings. The topological polar surface area (TPSA) is 104 Å². The van der Waals surface area contributed by atoms with Gasteiger partial charge < -0.3 is 10.0 Å². The molecule has 7 nitrogen and oxygen atoms in total. The number of piperidine rings is 1. The molecular formula is C27H32Cl2N2O5S. The van der Waals surface area contributed by atoms with Gasteiger partial charge in [-0.1, -0.05) is 61.3 Å². The van der Waals surface area contributed by atoms with E-state index in [-0.39, 0.29) is 30.0 Å². The molecule has 200 valence electrons. The molecule has 1 saturated heterocycles. The number of rotatable bonds is 10. The Bertz CT molecular complexity index is 1270. The number of amides is 1. The highest BCUT2D eigenvalue weighted by molar-refractivity contribution is 7.90. The van der Waals surface area contributed by atoms with Crippen molar-refractivity contribution in [2.24, 2.45) is 5.41 Å². The van der Waals surface area contributed by atoms with Gasteiger partial charge >= 0.3 is 5.97 Å². The van der Waals surface area contributed by atoms with Crippen molar-refractivity contribution < 1.29 is 23.1 Å². The smallest absolute Gasteiger partial charge is 0.304 e. The number of nitrogens with zero attached hydrogens (tertiary/aromatic N) is 1. The van der Waals surface area contributed by atoms with Crippen LogP contribution >= 0.6 is 23.2 Å². The lowest BCUT2D eigenvalue weighted by Gasteiger charge is -2.52. The molecule has 0 bridgehead atoms. The number of carboxylic acid groups (broad SMARTS) is 1. The van der Waals surface area contributed by atoms with Crippen molar-refractivity contribution in [1.82, 2.24) is 9.62 Å². The van der Waals surface area contributed by atoms with Gasteiger partial charge in [-0.15, -0.1) is 0 Å². The Morgan fingerprint density at radius 3 is 2.38 bits per heavy atom. The van der Waals surface area contributed by atoms with Crippen molar-refractivity contribution in [3.63, 3.8) is 0 Å². The van der Waals surface area contributed by atoms with Crippen molar-refractivity contribution in [2.45, 2.75) is 69.2 Å². The Labute approximate surface area is 228 Å². The van der Waals surface area contributed by atoms with E-state index in [4.69, 9.17) is 23.2 Å². The average molecular weight is 568 g/mol. The minimum Gasteiger partial charge on any atom is -0.481 e. The summed E-state index contributed by atoms with van der Waals surface area (Å²) in [4.78, 5) is 27.8. The Hall–Kier alpha value is -2.13. The number of aliphatic carboxylic acids is 1. The SMILES string of the molecule is CC[C@@H](CNS(=O)(=O)C1CC1)N1C(=O)[C@@](C)(CC(=O)O)CC(c2cccc(Cl)c2)C1c1ccc(Cl)cc1. The van der Waals surface area contributed by atoms with Crippen LogP contribution < -0.4 is 4.72 Å². The van der Waals surface area contributed by atoms with Crippen molar-refractivity contribution in [2.75, 3.05) is 6.54 Å². The van der Waals surface area contributed by atoms with Crippen LogP contribution in [0.4, 0.5) is 0 Å². The minimum atomic E-state index is -3.47. The summed E-state index contributed by atoms with van der Waals surface area (Å²) in [6, 6.07) is 13.7. The third-order valence-electron chi connectivity index (χ3n) is 7.48. The first-order valence-corrected chi connectivity index (χ1v) is 14.8. The molecule has 4 atom stereocenters. The maximum absolute atomic E-state index is 14.2. The molecule has 2 unspecified atom stereocenters. The number of nitrogens with one attached hydrogen (secondary N) is 1. The number of carbonyl (C=O) groups excluding carboxylic acids is 1. The lowest BCUT2D eigenvalue weighted by Crippen LogP contribution is -2.58. The third-order valence-corrected chi connectivity index (χ3v) is 9.88. The number of carboxylic acids is 1. The van der Waals surface area contributed by atoms with Crippen LogP contribution in [0.25, 0.3) is 0 Å². The Morgan fingerprint density at radius 1 is 1.14 bits per heavy atom. The van der Waals surface area contributed by atoms with Crippen LogP contribution in [0.5, 0.6) is 0 Å². The van der Waals surface area contributed by atoms with Gasteiger partial charge in [0.15, 0.2) is 0 Å². The highest BCUT2D eigenvalue weighted by Gasteiger charge is 2.52. The number of hydrogen-bond donors (Lipinski definition) is 2. The predicted molar refractivity (Wildman–Crippen MR) is 144 cm³/mol. The summed E-state index contributed by atoms with van der Waals surface area (Å²) < 4.78 is 28.0. The zero-order chi connectivity index (χ0) is 27.0. The van der Waals surface area contributed by atoms with E-state index in [1.54, 1.807) is 30.0 Å². The molecule has 2 aromatic carbocycles. The fourth-order valence-corrected chi connectivity index (χ4v) is 7.17. The minimum absolute atomic E-state index is 0.0522. The van der Waals surface area contributed by atoms with Crippen LogP contribution in [0.15, 0.2) is 48.5 Å². The van der Waals surface area contributed by atoms with Crippen molar-refractivity contribution in [1.29, 1.82) is 0 Å². The Morgan fingerprint density at radius 2 is 1.81 bits per heavy atom. The average Bonchev–Trinajstić information content (AvgIpc) is 3.68. The molecule has 0 aromatic heterocycles. The number of hydrogen-bond acceptors (Lipinski definition) is 4. The fourth-order valence-electron chi connectivity index (χ4n) is 5.43. The number of sulfonamides is 1. The van der Waals surface area contributed by atoms with E-state index in [0.717, 1.165) is 11.1 Å². The number of benzene rings is 2. The van der Waals surface area contributed by atoms with Crippen molar-refractivity contribution in [3.05, 3.63) is 69.7 Å². The molecule has 1 amide bonds. The molecule has 1 aliphatic heterocycles. The molecule has 2 aromatic rings. The van der Waals surface area contributed by atoms with Gasteiger partial charge in [0.25, 0.3) is 0 Å².